The molecule has 18 heavy (non-hydrogen) atoms. The molecule has 1 aromatic rings. The van der Waals surface area contributed by atoms with Gasteiger partial charge in [0.2, 0.25) is 0 Å². The number of hydrogen-bond donors (Lipinski definition) is 1. The monoisotopic (exact) mass is 270 g/mol. The van der Waals surface area contributed by atoms with Gasteiger partial charge in [-0.25, -0.2) is 4.98 Å². The number of thiazole rings is 1. The number of rotatable bonds is 8. The Kier molecular flexibility index (Phi) is 6.26. The average molecular weight is 270 g/mol. The van der Waals surface area contributed by atoms with Gasteiger partial charge in [-0.15, -0.1) is 11.3 Å². The predicted octanol–water partition coefficient (Wildman–Crippen LogP) is 3.70. The minimum Gasteiger partial charge on any atom is -0.379 e. The third-order valence-electron chi connectivity index (χ3n) is 3.22. The van der Waals surface area contributed by atoms with Crippen molar-refractivity contribution in [1.82, 2.24) is 10.3 Å². The van der Waals surface area contributed by atoms with Crippen molar-refractivity contribution in [3.05, 3.63) is 16.1 Å². The molecule has 0 saturated heterocycles. The van der Waals surface area contributed by atoms with E-state index in [1.807, 2.05) is 0 Å². The second-order valence-corrected chi connectivity index (χ2v) is 6.36. The van der Waals surface area contributed by atoms with Crippen LogP contribution in [0.25, 0.3) is 0 Å². The van der Waals surface area contributed by atoms with E-state index in [1.165, 1.54) is 5.69 Å². The molecule has 1 heterocycles. The molecule has 0 radical (unpaired) electrons. The quantitative estimate of drug-likeness (QED) is 0.782. The molecular weight excluding hydrogens is 244 g/mol. The van der Waals surface area contributed by atoms with Crippen LogP contribution in [0.5, 0.6) is 0 Å². The van der Waals surface area contributed by atoms with Gasteiger partial charge >= 0.3 is 0 Å². The van der Waals surface area contributed by atoms with Gasteiger partial charge in [-0.1, -0.05) is 6.92 Å². The second-order valence-electron chi connectivity index (χ2n) is 5.30. The van der Waals surface area contributed by atoms with E-state index < -0.39 is 0 Å². The maximum Gasteiger partial charge on any atom is 0.0898 e. The van der Waals surface area contributed by atoms with Gasteiger partial charge < -0.3 is 10.1 Å². The van der Waals surface area contributed by atoms with Crippen molar-refractivity contribution in [2.75, 3.05) is 13.7 Å². The smallest absolute Gasteiger partial charge is 0.0898 e. The molecule has 0 spiro atoms. The molecule has 3 nitrogen and oxygen atoms in total. The summed E-state index contributed by atoms with van der Waals surface area (Å²) < 4.78 is 5.49. The Labute approximate surface area is 115 Å². The number of nitrogens with one attached hydrogen (secondary N) is 1. The largest absolute Gasteiger partial charge is 0.379 e. The molecule has 0 bridgehead atoms. The molecule has 0 saturated carbocycles. The molecular formula is C14H26N2OS. The van der Waals surface area contributed by atoms with E-state index in [0.29, 0.717) is 6.04 Å². The summed E-state index contributed by atoms with van der Waals surface area (Å²) in [5.74, 6) is 0. The van der Waals surface area contributed by atoms with Crippen LogP contribution in [0.1, 0.15) is 56.8 Å². The minimum absolute atomic E-state index is 0.0583. The first-order valence-electron chi connectivity index (χ1n) is 6.69. The van der Waals surface area contributed by atoms with Gasteiger partial charge in [-0.2, -0.15) is 0 Å². The van der Waals surface area contributed by atoms with Crippen LogP contribution in [-0.4, -0.2) is 24.2 Å². The first-order chi connectivity index (χ1) is 8.48. The van der Waals surface area contributed by atoms with Gasteiger partial charge in [0.15, 0.2) is 0 Å². The molecule has 1 N–H and O–H groups in total. The SMILES string of the molecule is CCCNC(CCC(C)(C)OC)c1csc(C)n1. The molecule has 4 heteroatoms. The van der Waals surface area contributed by atoms with Gasteiger partial charge in [0.05, 0.1) is 22.3 Å². The first kappa shape index (κ1) is 15.6. The molecule has 0 fully saturated rings. The number of methoxy groups -OCH3 is 1. The Morgan fingerprint density at radius 3 is 2.72 bits per heavy atom. The molecule has 0 aliphatic rings. The van der Waals surface area contributed by atoms with Crippen LogP contribution >= 0.6 is 11.3 Å². The molecule has 1 aromatic heterocycles. The van der Waals surface area contributed by atoms with Crippen molar-refractivity contribution in [3.8, 4) is 0 Å². The Bertz CT molecular complexity index is 349. The van der Waals surface area contributed by atoms with Crippen molar-refractivity contribution in [2.45, 2.75) is 58.6 Å². The summed E-state index contributed by atoms with van der Waals surface area (Å²) in [4.78, 5) is 4.61. The zero-order valence-corrected chi connectivity index (χ0v) is 13.1. The topological polar surface area (TPSA) is 34.1 Å². The van der Waals surface area contributed by atoms with E-state index in [9.17, 15) is 0 Å². The summed E-state index contributed by atoms with van der Waals surface area (Å²) in [5, 5.41) is 6.89. The number of nitrogens with zero attached hydrogens (tertiary/aromatic N) is 1. The van der Waals surface area contributed by atoms with Crippen molar-refractivity contribution >= 4 is 11.3 Å². The third-order valence-corrected chi connectivity index (χ3v) is 4.01. The van der Waals surface area contributed by atoms with E-state index in [1.54, 1.807) is 18.4 Å². The highest BCUT2D eigenvalue weighted by molar-refractivity contribution is 7.09. The fraction of sp³-hybridized carbons (Fsp3) is 0.786. The Morgan fingerprint density at radius 2 is 2.22 bits per heavy atom. The number of aryl methyl sites for hydroxylation is 1. The predicted molar refractivity (Wildman–Crippen MR) is 78.2 cm³/mol. The Balaban J connectivity index is 2.61. The summed E-state index contributed by atoms with van der Waals surface area (Å²) in [7, 11) is 1.78. The van der Waals surface area contributed by atoms with Crippen LogP contribution in [0.2, 0.25) is 0 Å². The average Bonchev–Trinajstić information content (AvgIpc) is 2.76. The molecule has 0 aliphatic heterocycles. The fourth-order valence-electron chi connectivity index (χ4n) is 1.81. The van der Waals surface area contributed by atoms with Gasteiger partial charge in [-0.05, 0) is 46.6 Å². The maximum absolute atomic E-state index is 5.49. The molecule has 1 atom stereocenters. The third kappa shape index (κ3) is 5.04. The Hall–Kier alpha value is -0.450. The highest BCUT2D eigenvalue weighted by atomic mass is 32.1. The summed E-state index contributed by atoms with van der Waals surface area (Å²) in [6.45, 7) is 9.56. The lowest BCUT2D eigenvalue weighted by Gasteiger charge is -2.25. The van der Waals surface area contributed by atoms with Gasteiger partial charge in [0.1, 0.15) is 0 Å². The molecule has 1 unspecified atom stereocenters. The van der Waals surface area contributed by atoms with Crippen LogP contribution in [-0.2, 0) is 4.74 Å². The lowest BCUT2D eigenvalue weighted by molar-refractivity contribution is 0.0116. The lowest BCUT2D eigenvalue weighted by Crippen LogP contribution is -2.28. The highest BCUT2D eigenvalue weighted by Crippen LogP contribution is 2.25. The van der Waals surface area contributed by atoms with Gasteiger partial charge in [0, 0.05) is 12.5 Å². The maximum atomic E-state index is 5.49. The van der Waals surface area contributed by atoms with Crippen LogP contribution in [0.3, 0.4) is 0 Å². The van der Waals surface area contributed by atoms with E-state index in [0.717, 1.165) is 30.8 Å². The van der Waals surface area contributed by atoms with E-state index >= 15 is 0 Å². The number of aromatic nitrogens is 1. The van der Waals surface area contributed by atoms with Crippen molar-refractivity contribution in [2.24, 2.45) is 0 Å². The second kappa shape index (κ2) is 7.22. The van der Waals surface area contributed by atoms with E-state index in [-0.39, 0.29) is 5.60 Å². The van der Waals surface area contributed by atoms with E-state index in [4.69, 9.17) is 4.74 Å². The fourth-order valence-corrected chi connectivity index (χ4v) is 2.47. The summed E-state index contributed by atoms with van der Waals surface area (Å²) in [5.41, 5.74) is 1.12. The molecule has 104 valence electrons. The summed E-state index contributed by atoms with van der Waals surface area (Å²) in [6.07, 6.45) is 3.23. The number of hydrogen-bond acceptors (Lipinski definition) is 4. The standard InChI is InChI=1S/C14H26N2OS/c1-6-9-15-12(7-8-14(3,4)17-5)13-10-18-11(2)16-13/h10,12,15H,6-9H2,1-5H3. The molecule has 1 rings (SSSR count). The van der Waals surface area contributed by atoms with E-state index in [2.05, 4.69) is 43.4 Å². The molecule has 0 aromatic carbocycles. The van der Waals surface area contributed by atoms with Gasteiger partial charge in [0.25, 0.3) is 0 Å². The van der Waals surface area contributed by atoms with Crippen molar-refractivity contribution in [1.29, 1.82) is 0 Å². The minimum atomic E-state index is -0.0583. The first-order valence-corrected chi connectivity index (χ1v) is 7.57. The number of ether oxygens (including phenoxy) is 1. The zero-order valence-electron chi connectivity index (χ0n) is 12.2. The van der Waals surface area contributed by atoms with Crippen LogP contribution < -0.4 is 5.32 Å². The lowest BCUT2D eigenvalue weighted by atomic mass is 9.97. The van der Waals surface area contributed by atoms with Crippen molar-refractivity contribution in [3.63, 3.8) is 0 Å². The summed E-state index contributed by atoms with van der Waals surface area (Å²) in [6, 6.07) is 0.351. The van der Waals surface area contributed by atoms with Crippen LogP contribution in [0, 0.1) is 6.92 Å². The molecule has 0 aliphatic carbocycles. The van der Waals surface area contributed by atoms with Gasteiger partial charge in [-0.3, -0.25) is 0 Å². The highest BCUT2D eigenvalue weighted by Gasteiger charge is 2.21. The zero-order chi connectivity index (χ0) is 13.6. The van der Waals surface area contributed by atoms with Crippen LogP contribution in [0.4, 0.5) is 0 Å². The van der Waals surface area contributed by atoms with Crippen molar-refractivity contribution < 1.29 is 4.74 Å². The summed E-state index contributed by atoms with van der Waals surface area (Å²) >= 11 is 1.72. The Morgan fingerprint density at radius 1 is 1.50 bits per heavy atom. The normalized spacial score (nSPS) is 13.8. The van der Waals surface area contributed by atoms with Crippen LogP contribution in [0.15, 0.2) is 5.38 Å². The molecule has 0 amide bonds.